The Labute approximate surface area is 111 Å². The second-order valence-electron chi connectivity index (χ2n) is 4.57. The van der Waals surface area contributed by atoms with Crippen LogP contribution in [0.4, 0.5) is 0 Å². The molecule has 3 aliphatic rings. The van der Waals surface area contributed by atoms with E-state index in [1.165, 1.54) is 0 Å². The zero-order valence-electron chi connectivity index (χ0n) is 10.7. The van der Waals surface area contributed by atoms with Crippen LogP contribution in [0.2, 0.25) is 0 Å². The first-order valence-electron chi connectivity index (χ1n) is 6.30. The predicted octanol–water partition coefficient (Wildman–Crippen LogP) is 0.459. The minimum absolute atomic E-state index is 0.0291. The Hall–Kier alpha value is -1.66. The fourth-order valence-electron chi connectivity index (χ4n) is 2.46. The highest BCUT2D eigenvalue weighted by Crippen LogP contribution is 2.26. The molecule has 1 unspecified atom stereocenters. The third-order valence-electron chi connectivity index (χ3n) is 3.46. The SMILES string of the molecule is COC1=NC=C2C=CC(=O)N(CC3OCCO3)C2C1. The van der Waals surface area contributed by atoms with Crippen molar-refractivity contribution < 1.29 is 19.0 Å². The van der Waals surface area contributed by atoms with Crippen molar-refractivity contribution in [3.8, 4) is 0 Å². The van der Waals surface area contributed by atoms with E-state index in [0.717, 1.165) is 5.57 Å². The number of carbonyl (C=O) groups excluding carboxylic acids is 1. The van der Waals surface area contributed by atoms with E-state index in [0.29, 0.717) is 32.1 Å². The fourth-order valence-corrected chi connectivity index (χ4v) is 2.46. The third kappa shape index (κ3) is 2.41. The molecule has 3 heterocycles. The molecule has 1 saturated heterocycles. The molecule has 0 saturated carbocycles. The summed E-state index contributed by atoms with van der Waals surface area (Å²) in [6.45, 7) is 1.60. The van der Waals surface area contributed by atoms with Crippen molar-refractivity contribution in [2.75, 3.05) is 26.9 Å². The molecular formula is C13H16N2O4. The molecule has 0 aromatic rings. The maximum absolute atomic E-state index is 12.1. The molecule has 1 atom stereocenters. The van der Waals surface area contributed by atoms with Crippen LogP contribution in [0.25, 0.3) is 0 Å². The van der Waals surface area contributed by atoms with Gasteiger partial charge >= 0.3 is 0 Å². The van der Waals surface area contributed by atoms with E-state index >= 15 is 0 Å². The molecule has 102 valence electrons. The first-order valence-corrected chi connectivity index (χ1v) is 6.30. The van der Waals surface area contributed by atoms with E-state index in [9.17, 15) is 4.79 Å². The lowest BCUT2D eigenvalue weighted by Crippen LogP contribution is -2.48. The third-order valence-corrected chi connectivity index (χ3v) is 3.46. The molecule has 1 amide bonds. The minimum Gasteiger partial charge on any atom is -0.484 e. The molecule has 0 N–H and O–H groups in total. The number of aliphatic imine (C=N–C) groups is 1. The number of rotatable bonds is 2. The van der Waals surface area contributed by atoms with Gasteiger partial charge in [-0.05, 0) is 11.6 Å². The van der Waals surface area contributed by atoms with Crippen LogP contribution < -0.4 is 0 Å². The number of nitrogens with zero attached hydrogens (tertiary/aromatic N) is 2. The average Bonchev–Trinajstić information content (AvgIpc) is 2.94. The maximum Gasteiger partial charge on any atom is 0.247 e. The van der Waals surface area contributed by atoms with Gasteiger partial charge in [-0.15, -0.1) is 0 Å². The number of carbonyl (C=O) groups is 1. The second kappa shape index (κ2) is 5.14. The molecule has 0 radical (unpaired) electrons. The molecular weight excluding hydrogens is 248 g/mol. The Bertz CT molecular complexity index is 463. The van der Waals surface area contributed by atoms with Crippen LogP contribution >= 0.6 is 0 Å². The molecule has 0 aromatic carbocycles. The van der Waals surface area contributed by atoms with Gasteiger partial charge in [-0.25, -0.2) is 4.99 Å². The first kappa shape index (κ1) is 12.4. The van der Waals surface area contributed by atoms with Gasteiger partial charge in [0, 0.05) is 18.7 Å². The zero-order chi connectivity index (χ0) is 13.2. The zero-order valence-corrected chi connectivity index (χ0v) is 10.7. The van der Waals surface area contributed by atoms with Crippen LogP contribution in [0.5, 0.6) is 0 Å². The lowest BCUT2D eigenvalue weighted by Gasteiger charge is -2.36. The summed E-state index contributed by atoms with van der Waals surface area (Å²) in [7, 11) is 1.59. The maximum atomic E-state index is 12.1. The van der Waals surface area contributed by atoms with E-state index in [2.05, 4.69) is 4.99 Å². The number of ether oxygens (including phenoxy) is 3. The van der Waals surface area contributed by atoms with Gasteiger partial charge in [-0.1, -0.05) is 0 Å². The van der Waals surface area contributed by atoms with E-state index in [4.69, 9.17) is 14.2 Å². The highest BCUT2D eigenvalue weighted by Gasteiger charge is 2.34. The number of fused-ring (bicyclic) bond motifs is 1. The predicted molar refractivity (Wildman–Crippen MR) is 67.5 cm³/mol. The summed E-state index contributed by atoms with van der Waals surface area (Å²) < 4.78 is 16.0. The lowest BCUT2D eigenvalue weighted by molar-refractivity contribution is -0.135. The van der Waals surface area contributed by atoms with Crippen molar-refractivity contribution in [2.24, 2.45) is 4.99 Å². The number of hydrogen-bond donors (Lipinski definition) is 0. The Balaban J connectivity index is 1.79. The first-order chi connectivity index (χ1) is 9.28. The molecule has 6 nitrogen and oxygen atoms in total. The second-order valence-corrected chi connectivity index (χ2v) is 4.57. The van der Waals surface area contributed by atoms with Crippen molar-refractivity contribution >= 4 is 11.8 Å². The summed E-state index contributed by atoms with van der Waals surface area (Å²) in [6.07, 6.45) is 5.38. The number of hydrogen-bond acceptors (Lipinski definition) is 5. The summed E-state index contributed by atoms with van der Waals surface area (Å²) >= 11 is 0. The van der Waals surface area contributed by atoms with Crippen LogP contribution in [0.1, 0.15) is 6.42 Å². The van der Waals surface area contributed by atoms with Crippen molar-refractivity contribution in [2.45, 2.75) is 18.8 Å². The molecule has 0 aromatic heterocycles. The van der Waals surface area contributed by atoms with E-state index in [1.807, 2.05) is 6.08 Å². The monoisotopic (exact) mass is 264 g/mol. The molecule has 0 spiro atoms. The Morgan fingerprint density at radius 3 is 2.95 bits per heavy atom. The van der Waals surface area contributed by atoms with Gasteiger partial charge in [0.15, 0.2) is 12.2 Å². The minimum atomic E-state index is -0.332. The Morgan fingerprint density at radius 2 is 2.21 bits per heavy atom. The van der Waals surface area contributed by atoms with E-state index in [1.54, 1.807) is 24.3 Å². The van der Waals surface area contributed by atoms with Crippen LogP contribution in [-0.2, 0) is 19.0 Å². The number of methoxy groups -OCH3 is 1. The quantitative estimate of drug-likeness (QED) is 0.727. The van der Waals surface area contributed by atoms with Gasteiger partial charge in [-0.3, -0.25) is 4.79 Å². The van der Waals surface area contributed by atoms with Crippen molar-refractivity contribution in [3.05, 3.63) is 23.9 Å². The van der Waals surface area contributed by atoms with Gasteiger partial charge in [0.2, 0.25) is 5.91 Å². The molecule has 19 heavy (non-hydrogen) atoms. The lowest BCUT2D eigenvalue weighted by atomic mass is 9.97. The average molecular weight is 264 g/mol. The molecule has 6 heteroatoms. The molecule has 0 aliphatic carbocycles. The van der Waals surface area contributed by atoms with Crippen LogP contribution in [0, 0.1) is 0 Å². The smallest absolute Gasteiger partial charge is 0.247 e. The summed E-state index contributed by atoms with van der Waals surface area (Å²) in [4.78, 5) is 18.0. The van der Waals surface area contributed by atoms with Gasteiger partial charge in [-0.2, -0.15) is 0 Å². The molecule has 3 aliphatic heterocycles. The highest BCUT2D eigenvalue weighted by atomic mass is 16.7. The molecule has 3 rings (SSSR count). The van der Waals surface area contributed by atoms with Crippen molar-refractivity contribution in [3.63, 3.8) is 0 Å². The van der Waals surface area contributed by atoms with Crippen molar-refractivity contribution in [1.82, 2.24) is 4.90 Å². The normalized spacial score (nSPS) is 27.1. The summed E-state index contributed by atoms with van der Waals surface area (Å²) in [5, 5.41) is 0. The Morgan fingerprint density at radius 1 is 1.42 bits per heavy atom. The largest absolute Gasteiger partial charge is 0.484 e. The van der Waals surface area contributed by atoms with Gasteiger partial charge in [0.1, 0.15) is 0 Å². The van der Waals surface area contributed by atoms with Crippen LogP contribution in [0.15, 0.2) is 28.9 Å². The van der Waals surface area contributed by atoms with Gasteiger partial charge in [0.25, 0.3) is 0 Å². The van der Waals surface area contributed by atoms with Gasteiger partial charge in [0.05, 0.1) is 32.9 Å². The van der Waals surface area contributed by atoms with Crippen molar-refractivity contribution in [1.29, 1.82) is 0 Å². The van der Waals surface area contributed by atoms with Crippen LogP contribution in [0.3, 0.4) is 0 Å². The number of amides is 1. The van der Waals surface area contributed by atoms with Gasteiger partial charge < -0.3 is 19.1 Å². The molecule has 1 fully saturated rings. The Kier molecular flexibility index (Phi) is 3.35. The standard InChI is InChI=1S/C13H16N2O4/c1-17-11-6-10-9(7-14-11)2-3-12(16)15(10)8-13-18-4-5-19-13/h2-3,7,10,13H,4-6,8H2,1H3. The van der Waals surface area contributed by atoms with E-state index < -0.39 is 0 Å². The molecule has 0 bridgehead atoms. The topological polar surface area (TPSA) is 60.4 Å². The summed E-state index contributed by atoms with van der Waals surface area (Å²) in [6, 6.07) is -0.0438. The highest BCUT2D eigenvalue weighted by molar-refractivity contribution is 5.92. The van der Waals surface area contributed by atoms with E-state index in [-0.39, 0.29) is 18.2 Å². The summed E-state index contributed by atoms with van der Waals surface area (Å²) in [5.41, 5.74) is 1.01. The van der Waals surface area contributed by atoms with Crippen LogP contribution in [-0.4, -0.2) is 55.9 Å². The fraction of sp³-hybridized carbons (Fsp3) is 0.538. The summed E-state index contributed by atoms with van der Waals surface area (Å²) in [5.74, 6) is 0.605.